The summed E-state index contributed by atoms with van der Waals surface area (Å²) in [7, 11) is 0. The second-order valence-corrected chi connectivity index (χ2v) is 5.95. The summed E-state index contributed by atoms with van der Waals surface area (Å²) in [6, 6.07) is 2.82. The maximum atomic E-state index is 11.6. The number of ether oxygens (including phenoxy) is 1. The zero-order valence-corrected chi connectivity index (χ0v) is 12.6. The molecule has 4 atom stereocenters. The Hall–Kier alpha value is -2.40. The minimum absolute atomic E-state index is 0.205. The molecule has 1 saturated heterocycles. The first-order valence-electron chi connectivity index (χ1n) is 7.32. The SMILES string of the molecule is C[C@]1(O)C(N2Nc3ccc(=O)nc4ncnc2c34)O[C@H](CO)[C@H]1O. The molecule has 0 amide bonds. The smallest absolute Gasteiger partial charge is 0.271 e. The molecule has 10 nitrogen and oxygen atoms in total. The molecule has 1 fully saturated rings. The Morgan fingerprint density at radius 3 is 2.92 bits per heavy atom. The van der Waals surface area contributed by atoms with Crippen molar-refractivity contribution in [1.82, 2.24) is 15.0 Å². The molecule has 4 rings (SSSR count). The van der Waals surface area contributed by atoms with E-state index in [2.05, 4.69) is 20.4 Å². The van der Waals surface area contributed by atoms with Crippen LogP contribution in [0.3, 0.4) is 0 Å². The molecular formula is C14H15N5O5. The van der Waals surface area contributed by atoms with Gasteiger partial charge in [0.05, 0.1) is 17.7 Å². The lowest BCUT2D eigenvalue weighted by Crippen LogP contribution is -2.54. The van der Waals surface area contributed by atoms with Gasteiger partial charge in [0.1, 0.15) is 24.1 Å². The summed E-state index contributed by atoms with van der Waals surface area (Å²) in [5, 5.41) is 32.0. The summed E-state index contributed by atoms with van der Waals surface area (Å²) in [6.07, 6.45) is -1.99. The Morgan fingerprint density at radius 1 is 1.42 bits per heavy atom. The van der Waals surface area contributed by atoms with Gasteiger partial charge in [0, 0.05) is 6.07 Å². The third-order valence-corrected chi connectivity index (χ3v) is 4.32. The fourth-order valence-corrected chi connectivity index (χ4v) is 3.07. The number of nitrogens with one attached hydrogen (secondary N) is 1. The zero-order valence-electron chi connectivity index (χ0n) is 12.6. The van der Waals surface area contributed by atoms with Gasteiger partial charge in [-0.2, -0.15) is 4.98 Å². The Labute approximate surface area is 135 Å². The van der Waals surface area contributed by atoms with Crippen molar-refractivity contribution in [3.63, 3.8) is 0 Å². The van der Waals surface area contributed by atoms with Gasteiger partial charge >= 0.3 is 0 Å². The van der Waals surface area contributed by atoms with Crippen LogP contribution in [-0.4, -0.2) is 60.9 Å². The van der Waals surface area contributed by atoms with E-state index in [4.69, 9.17) is 4.74 Å². The quantitative estimate of drug-likeness (QED) is 0.505. The first kappa shape index (κ1) is 15.1. The maximum absolute atomic E-state index is 11.6. The summed E-state index contributed by atoms with van der Waals surface area (Å²) >= 11 is 0. The average molecular weight is 333 g/mol. The molecular weight excluding hydrogens is 318 g/mol. The molecule has 0 aliphatic carbocycles. The largest absolute Gasteiger partial charge is 0.394 e. The van der Waals surface area contributed by atoms with Gasteiger partial charge in [-0.25, -0.2) is 15.0 Å². The summed E-state index contributed by atoms with van der Waals surface area (Å²) in [5.74, 6) is 0.356. The third kappa shape index (κ3) is 1.97. The van der Waals surface area contributed by atoms with Gasteiger partial charge in [-0.1, -0.05) is 0 Å². The second-order valence-electron chi connectivity index (χ2n) is 5.95. The summed E-state index contributed by atoms with van der Waals surface area (Å²) in [4.78, 5) is 23.7. The Kier molecular flexibility index (Phi) is 3.18. The van der Waals surface area contributed by atoms with Gasteiger partial charge in [-0.05, 0) is 13.0 Å². The fourth-order valence-electron chi connectivity index (χ4n) is 3.07. The second kappa shape index (κ2) is 5.05. The van der Waals surface area contributed by atoms with Crippen molar-refractivity contribution in [1.29, 1.82) is 0 Å². The lowest BCUT2D eigenvalue weighted by molar-refractivity contribution is -0.0621. The molecule has 0 spiro atoms. The molecule has 2 aromatic rings. The number of anilines is 2. The van der Waals surface area contributed by atoms with Gasteiger partial charge < -0.3 is 20.1 Å². The highest BCUT2D eigenvalue weighted by molar-refractivity contribution is 6.02. The van der Waals surface area contributed by atoms with E-state index in [1.54, 1.807) is 0 Å². The number of aromatic nitrogens is 3. The minimum atomic E-state index is -1.67. The summed E-state index contributed by atoms with van der Waals surface area (Å²) in [5.41, 5.74) is 1.62. The van der Waals surface area contributed by atoms with Crippen LogP contribution in [0.2, 0.25) is 0 Å². The molecule has 0 bridgehead atoms. The highest BCUT2D eigenvalue weighted by atomic mass is 16.6. The normalized spacial score (nSPS) is 31.5. The lowest BCUT2D eigenvalue weighted by Gasteiger charge is -2.34. The van der Waals surface area contributed by atoms with Crippen LogP contribution in [0.4, 0.5) is 11.5 Å². The lowest BCUT2D eigenvalue weighted by atomic mass is 9.96. The molecule has 1 unspecified atom stereocenters. The molecule has 126 valence electrons. The summed E-state index contributed by atoms with van der Waals surface area (Å²) in [6.45, 7) is 0.971. The fraction of sp³-hybridized carbons (Fsp3) is 0.429. The van der Waals surface area contributed by atoms with Crippen molar-refractivity contribution in [2.24, 2.45) is 0 Å². The van der Waals surface area contributed by atoms with E-state index in [0.717, 1.165) is 0 Å². The molecule has 2 aliphatic rings. The van der Waals surface area contributed by atoms with E-state index < -0.39 is 36.2 Å². The van der Waals surface area contributed by atoms with Crippen LogP contribution in [0.1, 0.15) is 6.92 Å². The van der Waals surface area contributed by atoms with Gasteiger partial charge in [-0.3, -0.25) is 10.2 Å². The number of nitrogens with zero attached hydrogens (tertiary/aromatic N) is 4. The van der Waals surface area contributed by atoms with E-state index in [1.165, 1.54) is 30.4 Å². The molecule has 2 aliphatic heterocycles. The van der Waals surface area contributed by atoms with Gasteiger partial charge in [0.15, 0.2) is 17.7 Å². The van der Waals surface area contributed by atoms with E-state index in [9.17, 15) is 20.1 Å². The molecule has 0 radical (unpaired) electrons. The third-order valence-electron chi connectivity index (χ3n) is 4.32. The Morgan fingerprint density at radius 2 is 2.21 bits per heavy atom. The number of hydrogen-bond donors (Lipinski definition) is 4. The van der Waals surface area contributed by atoms with E-state index in [0.29, 0.717) is 16.9 Å². The molecule has 4 N–H and O–H groups in total. The predicted octanol–water partition coefficient (Wildman–Crippen LogP) is -1.64. The topological polar surface area (TPSA) is 141 Å². The van der Waals surface area contributed by atoms with Crippen LogP contribution in [-0.2, 0) is 4.74 Å². The van der Waals surface area contributed by atoms with Crippen LogP contribution in [0.5, 0.6) is 0 Å². The van der Waals surface area contributed by atoms with Crippen molar-refractivity contribution >= 4 is 22.5 Å². The number of aliphatic hydroxyl groups excluding tert-OH is 2. The van der Waals surface area contributed by atoms with Crippen LogP contribution in [0.15, 0.2) is 23.3 Å². The van der Waals surface area contributed by atoms with E-state index >= 15 is 0 Å². The Bertz CT molecular complexity index is 876. The first-order valence-corrected chi connectivity index (χ1v) is 7.32. The van der Waals surface area contributed by atoms with Crippen molar-refractivity contribution in [2.45, 2.75) is 31.0 Å². The highest BCUT2D eigenvalue weighted by Gasteiger charge is 2.55. The number of hydrogen-bond acceptors (Lipinski definition) is 10. The van der Waals surface area contributed by atoms with Crippen molar-refractivity contribution in [3.05, 3.63) is 28.8 Å². The van der Waals surface area contributed by atoms with Gasteiger partial charge in [0.25, 0.3) is 5.56 Å². The maximum Gasteiger partial charge on any atom is 0.271 e. The zero-order chi connectivity index (χ0) is 17.1. The standard InChI is InChI=1S/C14H15N5O5/c1-14(23)10(22)7(4-20)24-13(14)19-12-9-6(18-19)2-3-8(21)17-11(9)15-5-16-12/h2-3,5,7,10,13,18,20,22-23H,4H2,1H3/t7-,10-,13?,14-/m1/s1. The highest BCUT2D eigenvalue weighted by Crippen LogP contribution is 2.41. The van der Waals surface area contributed by atoms with Crippen LogP contribution in [0, 0.1) is 0 Å². The van der Waals surface area contributed by atoms with Crippen LogP contribution >= 0.6 is 0 Å². The van der Waals surface area contributed by atoms with Crippen molar-refractivity contribution in [2.75, 3.05) is 17.0 Å². The van der Waals surface area contributed by atoms with Crippen molar-refractivity contribution in [3.8, 4) is 0 Å². The molecule has 10 heteroatoms. The Balaban J connectivity index is 1.84. The summed E-state index contributed by atoms with van der Waals surface area (Å²) < 4.78 is 5.60. The first-order chi connectivity index (χ1) is 11.4. The van der Waals surface area contributed by atoms with Crippen molar-refractivity contribution < 1.29 is 20.1 Å². The van der Waals surface area contributed by atoms with E-state index in [1.807, 2.05) is 0 Å². The molecule has 0 aromatic carbocycles. The number of rotatable bonds is 2. The van der Waals surface area contributed by atoms with Gasteiger partial charge in [0.2, 0.25) is 0 Å². The van der Waals surface area contributed by atoms with Crippen LogP contribution in [0.25, 0.3) is 11.0 Å². The average Bonchev–Trinajstić information content (AvgIpc) is 2.95. The predicted molar refractivity (Wildman–Crippen MR) is 82.1 cm³/mol. The number of aliphatic hydroxyl groups is 3. The molecule has 24 heavy (non-hydrogen) atoms. The monoisotopic (exact) mass is 333 g/mol. The number of hydrazine groups is 1. The molecule has 4 heterocycles. The van der Waals surface area contributed by atoms with E-state index in [-0.39, 0.29) is 5.65 Å². The minimum Gasteiger partial charge on any atom is -0.394 e. The molecule has 2 aromatic heterocycles. The van der Waals surface area contributed by atoms with Crippen LogP contribution < -0.4 is 16.0 Å². The molecule has 0 saturated carbocycles. The van der Waals surface area contributed by atoms with Gasteiger partial charge in [-0.15, -0.1) is 0 Å².